The first kappa shape index (κ1) is 19.2. The average molecular weight is 409 g/mol. The smallest absolute Gasteiger partial charge is 0.253 e. The summed E-state index contributed by atoms with van der Waals surface area (Å²) >= 11 is 5.93. The fourth-order valence-corrected chi connectivity index (χ4v) is 3.31. The van der Waals surface area contributed by atoms with E-state index >= 15 is 0 Å². The van der Waals surface area contributed by atoms with Crippen molar-refractivity contribution >= 4 is 28.6 Å². The van der Waals surface area contributed by atoms with Crippen LogP contribution in [0.4, 0.5) is 0 Å². The van der Waals surface area contributed by atoms with Crippen LogP contribution in [0.25, 0.3) is 11.1 Å². The number of aryl methyl sites for hydroxylation is 1. The molecule has 29 heavy (non-hydrogen) atoms. The van der Waals surface area contributed by atoms with E-state index in [0.29, 0.717) is 40.5 Å². The van der Waals surface area contributed by atoms with Crippen molar-refractivity contribution in [3.05, 3.63) is 82.5 Å². The molecule has 2 aromatic heterocycles. The summed E-state index contributed by atoms with van der Waals surface area (Å²) < 4.78 is 7.59. The average Bonchev–Trinajstić information content (AvgIpc) is 3.31. The molecule has 0 aliphatic carbocycles. The normalized spacial score (nSPS) is 11.1. The highest BCUT2D eigenvalue weighted by molar-refractivity contribution is 6.30. The largest absolute Gasteiger partial charge is 0.440 e. The van der Waals surface area contributed by atoms with E-state index in [1.165, 1.54) is 0 Å². The van der Waals surface area contributed by atoms with Crippen molar-refractivity contribution in [1.29, 1.82) is 0 Å². The molecule has 0 saturated carbocycles. The molecule has 2 heterocycles. The maximum absolute atomic E-state index is 12.8. The van der Waals surface area contributed by atoms with Gasteiger partial charge in [0.1, 0.15) is 5.52 Å². The van der Waals surface area contributed by atoms with Gasteiger partial charge >= 0.3 is 0 Å². The Kier molecular flexibility index (Phi) is 5.36. The van der Waals surface area contributed by atoms with E-state index in [1.54, 1.807) is 34.8 Å². The van der Waals surface area contributed by atoms with Crippen LogP contribution < -0.4 is 0 Å². The lowest BCUT2D eigenvalue weighted by atomic mass is 10.1. The van der Waals surface area contributed by atoms with E-state index in [-0.39, 0.29) is 5.91 Å². The SMILES string of the molecule is CN(CCc1cnn(C)c1)C(=O)c1ccc2oc(Cc3ccc(Cl)cc3)nc2c1. The highest BCUT2D eigenvalue weighted by atomic mass is 35.5. The Morgan fingerprint density at radius 3 is 2.69 bits per heavy atom. The van der Waals surface area contributed by atoms with E-state index in [9.17, 15) is 4.79 Å². The summed E-state index contributed by atoms with van der Waals surface area (Å²) in [4.78, 5) is 19.0. The van der Waals surface area contributed by atoms with Gasteiger partial charge in [-0.1, -0.05) is 23.7 Å². The third-order valence-electron chi connectivity index (χ3n) is 4.79. The number of likely N-dealkylation sites (N-methyl/N-ethyl adjacent to an activating group) is 1. The van der Waals surface area contributed by atoms with Gasteiger partial charge in [-0.05, 0) is 47.9 Å². The number of amides is 1. The van der Waals surface area contributed by atoms with Crippen molar-refractivity contribution in [3.63, 3.8) is 0 Å². The number of hydrogen-bond acceptors (Lipinski definition) is 4. The minimum atomic E-state index is -0.0435. The molecule has 0 aliphatic rings. The van der Waals surface area contributed by atoms with E-state index in [0.717, 1.165) is 17.5 Å². The van der Waals surface area contributed by atoms with Crippen LogP contribution in [0.3, 0.4) is 0 Å². The highest BCUT2D eigenvalue weighted by Gasteiger charge is 2.15. The third-order valence-corrected chi connectivity index (χ3v) is 5.04. The van der Waals surface area contributed by atoms with Gasteiger partial charge < -0.3 is 9.32 Å². The van der Waals surface area contributed by atoms with Crippen LogP contribution in [0.2, 0.25) is 5.02 Å². The van der Waals surface area contributed by atoms with Gasteiger partial charge in [0.15, 0.2) is 11.5 Å². The number of hydrogen-bond donors (Lipinski definition) is 0. The molecular formula is C22H21ClN4O2. The maximum atomic E-state index is 12.8. The Hall–Kier alpha value is -3.12. The van der Waals surface area contributed by atoms with Gasteiger partial charge in [0.2, 0.25) is 0 Å². The Morgan fingerprint density at radius 1 is 1.17 bits per heavy atom. The second kappa shape index (κ2) is 8.09. The molecule has 4 aromatic rings. The molecule has 0 bridgehead atoms. The lowest BCUT2D eigenvalue weighted by Gasteiger charge is -2.16. The van der Waals surface area contributed by atoms with Crippen LogP contribution >= 0.6 is 11.6 Å². The predicted octanol–water partition coefficient (Wildman–Crippen LogP) is 4.12. The zero-order valence-corrected chi connectivity index (χ0v) is 17.1. The standard InChI is InChI=1S/C22H21ClN4O2/c1-26(10-9-16-13-24-27(2)14-16)22(28)17-5-8-20-19(12-17)25-21(29-20)11-15-3-6-18(23)7-4-15/h3-8,12-14H,9-11H2,1-2H3. The van der Waals surface area contributed by atoms with Crippen LogP contribution in [-0.2, 0) is 19.9 Å². The van der Waals surface area contributed by atoms with Gasteiger partial charge in [-0.2, -0.15) is 5.10 Å². The van der Waals surface area contributed by atoms with Crippen LogP contribution in [0.15, 0.2) is 59.3 Å². The topological polar surface area (TPSA) is 64.2 Å². The number of rotatable bonds is 6. The minimum Gasteiger partial charge on any atom is -0.440 e. The first-order valence-electron chi connectivity index (χ1n) is 9.35. The summed E-state index contributed by atoms with van der Waals surface area (Å²) in [7, 11) is 3.68. The van der Waals surface area contributed by atoms with Crippen molar-refractivity contribution in [2.24, 2.45) is 7.05 Å². The van der Waals surface area contributed by atoms with E-state index in [2.05, 4.69) is 10.1 Å². The molecule has 0 atom stereocenters. The molecule has 0 spiro atoms. The zero-order valence-electron chi connectivity index (χ0n) is 16.3. The molecule has 148 valence electrons. The number of oxazole rings is 1. The lowest BCUT2D eigenvalue weighted by Crippen LogP contribution is -2.28. The molecule has 0 unspecified atom stereocenters. The third kappa shape index (κ3) is 4.49. The molecule has 0 saturated heterocycles. The summed E-state index contributed by atoms with van der Waals surface area (Å²) in [6.45, 7) is 0.614. The number of nitrogens with zero attached hydrogens (tertiary/aromatic N) is 4. The van der Waals surface area contributed by atoms with Gasteiger partial charge in [0.05, 0.1) is 6.20 Å². The fourth-order valence-electron chi connectivity index (χ4n) is 3.18. The lowest BCUT2D eigenvalue weighted by molar-refractivity contribution is 0.0797. The quantitative estimate of drug-likeness (QED) is 0.481. The maximum Gasteiger partial charge on any atom is 0.253 e. The van der Waals surface area contributed by atoms with Crippen molar-refractivity contribution in [1.82, 2.24) is 19.7 Å². The van der Waals surface area contributed by atoms with Crippen LogP contribution in [0.5, 0.6) is 0 Å². The fraction of sp³-hybridized carbons (Fsp3) is 0.227. The van der Waals surface area contributed by atoms with Crippen molar-refractivity contribution < 1.29 is 9.21 Å². The molecule has 0 aliphatic heterocycles. The molecular weight excluding hydrogens is 388 g/mol. The number of carbonyl (C=O) groups is 1. The summed E-state index contributed by atoms with van der Waals surface area (Å²) in [6, 6.07) is 13.0. The minimum absolute atomic E-state index is 0.0435. The predicted molar refractivity (Wildman–Crippen MR) is 112 cm³/mol. The summed E-state index contributed by atoms with van der Waals surface area (Å²) in [5, 5.41) is 4.85. The molecule has 1 amide bonds. The van der Waals surface area contributed by atoms with Gasteiger partial charge in [0.25, 0.3) is 5.91 Å². The first-order valence-corrected chi connectivity index (χ1v) is 9.72. The number of aromatic nitrogens is 3. The first-order chi connectivity index (χ1) is 14.0. The Labute approximate surface area is 173 Å². The highest BCUT2D eigenvalue weighted by Crippen LogP contribution is 2.21. The number of carbonyl (C=O) groups excluding carboxylic acids is 1. The molecule has 2 aromatic carbocycles. The van der Waals surface area contributed by atoms with E-state index in [4.69, 9.17) is 16.0 Å². The van der Waals surface area contributed by atoms with Gasteiger partial charge in [-0.25, -0.2) is 4.98 Å². The van der Waals surface area contributed by atoms with E-state index < -0.39 is 0 Å². The Bertz CT molecular complexity index is 1150. The second-order valence-corrected chi connectivity index (χ2v) is 7.53. The monoisotopic (exact) mass is 408 g/mol. The summed E-state index contributed by atoms with van der Waals surface area (Å²) in [5.74, 6) is 0.565. The van der Waals surface area contributed by atoms with Crippen LogP contribution in [-0.4, -0.2) is 39.2 Å². The molecule has 6 nitrogen and oxygen atoms in total. The molecule has 0 radical (unpaired) electrons. The summed E-state index contributed by atoms with van der Waals surface area (Å²) in [6.07, 6.45) is 5.11. The second-order valence-electron chi connectivity index (χ2n) is 7.09. The Morgan fingerprint density at radius 2 is 1.97 bits per heavy atom. The molecule has 7 heteroatoms. The van der Waals surface area contributed by atoms with Crippen LogP contribution in [0.1, 0.15) is 27.4 Å². The van der Waals surface area contributed by atoms with Gasteiger partial charge in [-0.3, -0.25) is 9.48 Å². The van der Waals surface area contributed by atoms with Crippen molar-refractivity contribution in [2.75, 3.05) is 13.6 Å². The zero-order chi connectivity index (χ0) is 20.4. The number of halogens is 1. The van der Waals surface area contributed by atoms with Crippen molar-refractivity contribution in [3.8, 4) is 0 Å². The van der Waals surface area contributed by atoms with Crippen molar-refractivity contribution in [2.45, 2.75) is 12.8 Å². The summed E-state index contributed by atoms with van der Waals surface area (Å²) in [5.41, 5.74) is 4.11. The molecule has 0 N–H and O–H groups in total. The molecule has 4 rings (SSSR count). The van der Waals surface area contributed by atoms with E-state index in [1.807, 2.05) is 43.7 Å². The number of benzene rings is 2. The van der Waals surface area contributed by atoms with Gasteiger partial charge in [0, 0.05) is 43.8 Å². The van der Waals surface area contributed by atoms with Gasteiger partial charge in [-0.15, -0.1) is 0 Å². The molecule has 0 fully saturated rings. The van der Waals surface area contributed by atoms with Crippen LogP contribution in [0, 0.1) is 0 Å². The number of fused-ring (bicyclic) bond motifs is 1. The Balaban J connectivity index is 1.46.